The lowest BCUT2D eigenvalue weighted by molar-refractivity contribution is 0.0767. The molecular weight excluding hydrogens is 425 g/mol. The minimum atomic E-state index is -0.504. The van der Waals surface area contributed by atoms with Gasteiger partial charge in [0.15, 0.2) is 0 Å². The van der Waals surface area contributed by atoms with Crippen molar-refractivity contribution in [2.24, 2.45) is 0 Å². The molecule has 1 fully saturated rings. The number of aliphatic hydroxyl groups is 1. The zero-order chi connectivity index (χ0) is 22.3. The topological polar surface area (TPSA) is 66.3 Å². The molecule has 2 aromatic heterocycles. The fraction of sp³-hybridized carbons (Fsp3) is 0.240. The van der Waals surface area contributed by atoms with Crippen LogP contribution in [0.3, 0.4) is 0 Å². The third-order valence-corrected chi connectivity index (χ3v) is 7.04. The van der Waals surface area contributed by atoms with E-state index >= 15 is 0 Å². The first-order valence-electron chi connectivity index (χ1n) is 10.5. The van der Waals surface area contributed by atoms with Crippen LogP contribution in [0.5, 0.6) is 0 Å². The van der Waals surface area contributed by atoms with Gasteiger partial charge in [0.05, 0.1) is 23.4 Å². The van der Waals surface area contributed by atoms with Crippen LogP contribution < -0.4 is 0 Å². The maximum Gasteiger partial charge on any atom is 0.254 e. The monoisotopic (exact) mass is 447 g/mol. The molecular formula is C25H22FN3O2S. The molecule has 5 nitrogen and oxygen atoms in total. The van der Waals surface area contributed by atoms with Crippen molar-refractivity contribution in [2.75, 3.05) is 20.2 Å². The van der Waals surface area contributed by atoms with Gasteiger partial charge in [-0.2, -0.15) is 0 Å². The van der Waals surface area contributed by atoms with Gasteiger partial charge in [0.1, 0.15) is 21.2 Å². The standard InChI is InChI=1S/C25H22FN3O2S/c1-29(14-15-30)24(31)17-8-5-9-18(26)21(17)23-27-19-10-11-20(28-22(19)32-23)25(12-13-25)16-6-3-2-4-7-16/h2-11,30H,12-15H2,1H3. The number of nitrogens with zero attached hydrogens (tertiary/aromatic N) is 3. The highest BCUT2D eigenvalue weighted by molar-refractivity contribution is 7.21. The SMILES string of the molecule is CN(CCO)C(=O)c1cccc(F)c1-c1nc2ccc(C3(c4ccccc4)CC3)nc2s1. The number of aliphatic hydroxyl groups excluding tert-OH is 1. The number of carbonyl (C=O) groups excluding carboxylic acids is 1. The summed E-state index contributed by atoms with van der Waals surface area (Å²) in [6.07, 6.45) is 2.09. The number of hydrogen-bond donors (Lipinski definition) is 1. The predicted octanol–water partition coefficient (Wildman–Crippen LogP) is 4.64. The summed E-state index contributed by atoms with van der Waals surface area (Å²) >= 11 is 1.29. The second-order valence-corrected chi connectivity index (χ2v) is 9.08. The highest BCUT2D eigenvalue weighted by Gasteiger charge is 2.47. The van der Waals surface area contributed by atoms with Crippen LogP contribution in [0.1, 0.15) is 34.5 Å². The van der Waals surface area contributed by atoms with E-state index < -0.39 is 5.82 Å². The van der Waals surface area contributed by atoms with Gasteiger partial charge in [-0.3, -0.25) is 4.79 Å². The average molecular weight is 448 g/mol. The van der Waals surface area contributed by atoms with E-state index in [0.29, 0.717) is 10.5 Å². The predicted molar refractivity (Wildman–Crippen MR) is 123 cm³/mol. The van der Waals surface area contributed by atoms with Gasteiger partial charge in [-0.15, -0.1) is 0 Å². The molecule has 1 aliphatic carbocycles. The minimum absolute atomic E-state index is 0.0638. The van der Waals surface area contributed by atoms with Crippen molar-refractivity contribution in [3.8, 4) is 10.6 Å². The fourth-order valence-corrected chi connectivity index (χ4v) is 5.14. The number of hydrogen-bond acceptors (Lipinski definition) is 5. The van der Waals surface area contributed by atoms with E-state index in [-0.39, 0.29) is 35.6 Å². The Labute approximate surface area is 189 Å². The van der Waals surface area contributed by atoms with Crippen LogP contribution >= 0.6 is 11.3 Å². The van der Waals surface area contributed by atoms with Gasteiger partial charge >= 0.3 is 0 Å². The molecule has 1 saturated carbocycles. The fourth-order valence-electron chi connectivity index (χ4n) is 4.14. The third-order valence-electron chi connectivity index (χ3n) is 6.06. The summed E-state index contributed by atoms with van der Waals surface area (Å²) in [4.78, 5) is 24.5. The smallest absolute Gasteiger partial charge is 0.254 e. The third kappa shape index (κ3) is 3.47. The van der Waals surface area contributed by atoms with Gasteiger partial charge in [-0.25, -0.2) is 14.4 Å². The van der Waals surface area contributed by atoms with E-state index in [1.165, 1.54) is 33.9 Å². The molecule has 32 heavy (non-hydrogen) atoms. The second-order valence-electron chi connectivity index (χ2n) is 8.10. The molecule has 1 aliphatic rings. The maximum atomic E-state index is 14.9. The largest absolute Gasteiger partial charge is 0.395 e. The Bertz CT molecular complexity index is 1300. The van der Waals surface area contributed by atoms with Crippen molar-refractivity contribution in [1.29, 1.82) is 0 Å². The van der Waals surface area contributed by atoms with Gasteiger partial charge in [-0.05, 0) is 42.7 Å². The van der Waals surface area contributed by atoms with E-state index in [9.17, 15) is 9.18 Å². The lowest BCUT2D eigenvalue weighted by atomic mass is 9.92. The Morgan fingerprint density at radius 1 is 1.09 bits per heavy atom. The van der Waals surface area contributed by atoms with Crippen molar-refractivity contribution in [1.82, 2.24) is 14.9 Å². The van der Waals surface area contributed by atoms with Crippen molar-refractivity contribution in [3.63, 3.8) is 0 Å². The molecule has 0 atom stereocenters. The van der Waals surface area contributed by atoms with Gasteiger partial charge in [0.2, 0.25) is 0 Å². The summed E-state index contributed by atoms with van der Waals surface area (Å²) in [5.41, 5.74) is 3.28. The molecule has 0 bridgehead atoms. The number of benzene rings is 2. The summed E-state index contributed by atoms with van der Waals surface area (Å²) in [7, 11) is 1.58. The quantitative estimate of drug-likeness (QED) is 0.468. The Kier molecular flexibility index (Phi) is 5.23. The van der Waals surface area contributed by atoms with Gasteiger partial charge in [-0.1, -0.05) is 47.7 Å². The number of amides is 1. The lowest BCUT2D eigenvalue weighted by Crippen LogP contribution is -2.30. The van der Waals surface area contributed by atoms with Gasteiger partial charge in [0, 0.05) is 19.0 Å². The van der Waals surface area contributed by atoms with E-state index in [4.69, 9.17) is 10.1 Å². The highest BCUT2D eigenvalue weighted by Crippen LogP contribution is 2.53. The molecule has 1 amide bonds. The number of pyridine rings is 1. The molecule has 0 saturated heterocycles. The number of halogens is 1. The van der Waals surface area contributed by atoms with Crippen molar-refractivity contribution >= 4 is 27.6 Å². The first-order valence-corrected chi connectivity index (χ1v) is 11.3. The Morgan fingerprint density at radius 3 is 2.59 bits per heavy atom. The molecule has 5 rings (SSSR count). The first kappa shape index (κ1) is 20.7. The van der Waals surface area contributed by atoms with Crippen LogP contribution in [0, 0.1) is 5.82 Å². The number of carbonyl (C=O) groups is 1. The van der Waals surface area contributed by atoms with E-state index in [1.807, 2.05) is 30.3 Å². The van der Waals surface area contributed by atoms with Crippen LogP contribution in [0.15, 0.2) is 60.7 Å². The molecule has 1 N–H and O–H groups in total. The molecule has 2 aromatic carbocycles. The normalized spacial score (nSPS) is 14.5. The zero-order valence-electron chi connectivity index (χ0n) is 17.6. The first-order chi connectivity index (χ1) is 15.5. The van der Waals surface area contributed by atoms with E-state index in [1.54, 1.807) is 13.1 Å². The molecule has 0 radical (unpaired) electrons. The van der Waals surface area contributed by atoms with Crippen LogP contribution in [0.2, 0.25) is 0 Å². The van der Waals surface area contributed by atoms with Crippen LogP contribution in [-0.4, -0.2) is 46.1 Å². The Morgan fingerprint density at radius 2 is 1.88 bits per heavy atom. The maximum absolute atomic E-state index is 14.9. The zero-order valence-corrected chi connectivity index (χ0v) is 18.4. The summed E-state index contributed by atoms with van der Waals surface area (Å²) in [5, 5.41) is 9.59. The highest BCUT2D eigenvalue weighted by atomic mass is 32.1. The summed E-state index contributed by atoms with van der Waals surface area (Å²) in [6.45, 7) is 0.00496. The van der Waals surface area contributed by atoms with Gasteiger partial charge in [0.25, 0.3) is 5.91 Å². The van der Waals surface area contributed by atoms with Crippen LogP contribution in [0.4, 0.5) is 4.39 Å². The van der Waals surface area contributed by atoms with Crippen LogP contribution in [0.25, 0.3) is 20.9 Å². The Hall–Kier alpha value is -3.16. The second kappa shape index (κ2) is 8.07. The number of aromatic nitrogens is 2. The lowest BCUT2D eigenvalue weighted by Gasteiger charge is -2.17. The van der Waals surface area contributed by atoms with Crippen molar-refractivity contribution in [3.05, 3.63) is 83.3 Å². The van der Waals surface area contributed by atoms with Crippen LogP contribution in [-0.2, 0) is 5.41 Å². The number of fused-ring (bicyclic) bond motifs is 1. The number of thiazole rings is 1. The molecule has 2 heterocycles. The number of rotatable bonds is 6. The molecule has 7 heteroatoms. The molecule has 0 unspecified atom stereocenters. The minimum Gasteiger partial charge on any atom is -0.395 e. The summed E-state index contributed by atoms with van der Waals surface area (Å²) in [5.74, 6) is -0.863. The molecule has 0 aliphatic heterocycles. The molecule has 162 valence electrons. The van der Waals surface area contributed by atoms with E-state index in [0.717, 1.165) is 23.4 Å². The average Bonchev–Trinajstić information content (AvgIpc) is 3.52. The van der Waals surface area contributed by atoms with E-state index in [2.05, 4.69) is 17.1 Å². The molecule has 0 spiro atoms. The Balaban J connectivity index is 1.57. The summed E-state index contributed by atoms with van der Waals surface area (Å²) < 4.78 is 14.9. The summed E-state index contributed by atoms with van der Waals surface area (Å²) in [6, 6.07) is 18.7. The molecule has 4 aromatic rings. The van der Waals surface area contributed by atoms with Gasteiger partial charge < -0.3 is 10.0 Å². The van der Waals surface area contributed by atoms with Crippen molar-refractivity contribution < 1.29 is 14.3 Å². The number of likely N-dealkylation sites (N-methyl/N-ethyl adjacent to an activating group) is 1. The van der Waals surface area contributed by atoms with Crippen molar-refractivity contribution in [2.45, 2.75) is 18.3 Å².